The number of esters is 1. The van der Waals surface area contributed by atoms with Crippen molar-refractivity contribution < 1.29 is 9.53 Å². The van der Waals surface area contributed by atoms with Crippen LogP contribution in [-0.4, -0.2) is 18.1 Å². The lowest BCUT2D eigenvalue weighted by atomic mass is 10.1. The number of carbonyl (C=O) groups is 1. The van der Waals surface area contributed by atoms with Gasteiger partial charge < -0.3 is 9.72 Å². The fraction of sp³-hybridized carbons (Fsp3) is 0.0714. The molecule has 0 aliphatic heterocycles. The minimum atomic E-state index is -0.318. The Morgan fingerprint density at radius 3 is 2.83 bits per heavy atom. The van der Waals surface area contributed by atoms with Crippen LogP contribution in [0.1, 0.15) is 10.4 Å². The van der Waals surface area contributed by atoms with Gasteiger partial charge in [0.2, 0.25) is 0 Å². The van der Waals surface area contributed by atoms with Gasteiger partial charge in [-0.15, -0.1) is 0 Å². The van der Waals surface area contributed by atoms with E-state index < -0.39 is 0 Å². The zero-order valence-electron chi connectivity index (χ0n) is 9.66. The predicted molar refractivity (Wildman–Crippen MR) is 74.8 cm³/mol. The third-order valence-corrected chi connectivity index (χ3v) is 3.48. The molecule has 0 atom stereocenters. The molecule has 90 valence electrons. The molecule has 0 radical (unpaired) electrons. The maximum absolute atomic E-state index is 11.8. The molecule has 1 aromatic heterocycles. The average Bonchev–Trinajstić information content (AvgIpc) is 2.75. The zero-order valence-corrected chi connectivity index (χ0v) is 11.2. The summed E-state index contributed by atoms with van der Waals surface area (Å²) in [5.74, 6) is -0.318. The lowest BCUT2D eigenvalue weighted by molar-refractivity contribution is 0.0603. The van der Waals surface area contributed by atoms with Gasteiger partial charge in [-0.2, -0.15) is 0 Å². The number of methoxy groups -OCH3 is 1. The monoisotopic (exact) mass is 303 g/mol. The molecule has 0 fully saturated rings. The van der Waals surface area contributed by atoms with Crippen molar-refractivity contribution in [3.63, 3.8) is 0 Å². The molecule has 0 saturated heterocycles. The maximum atomic E-state index is 11.8. The number of hydrogen-bond acceptors (Lipinski definition) is 2. The Morgan fingerprint density at radius 2 is 2.06 bits per heavy atom. The fourth-order valence-corrected chi connectivity index (χ4v) is 2.57. The van der Waals surface area contributed by atoms with Gasteiger partial charge in [0.1, 0.15) is 0 Å². The van der Waals surface area contributed by atoms with Crippen LogP contribution in [0.5, 0.6) is 0 Å². The number of benzene rings is 2. The van der Waals surface area contributed by atoms with Crippen LogP contribution >= 0.6 is 15.9 Å². The summed E-state index contributed by atoms with van der Waals surface area (Å²) in [5, 5.41) is 1.92. The second-order valence-corrected chi connectivity index (χ2v) is 4.95. The molecule has 0 aliphatic rings. The van der Waals surface area contributed by atoms with Gasteiger partial charge >= 0.3 is 5.97 Å². The summed E-state index contributed by atoms with van der Waals surface area (Å²) in [5.41, 5.74) is 2.52. The summed E-state index contributed by atoms with van der Waals surface area (Å²) >= 11 is 3.45. The van der Waals surface area contributed by atoms with Crippen LogP contribution < -0.4 is 0 Å². The fourth-order valence-electron chi connectivity index (χ4n) is 2.20. The van der Waals surface area contributed by atoms with Crippen molar-refractivity contribution in [3.05, 3.63) is 46.4 Å². The van der Waals surface area contributed by atoms with Crippen LogP contribution in [0, 0.1) is 0 Å². The number of nitrogens with one attached hydrogen (secondary N) is 1. The smallest absolute Gasteiger partial charge is 0.338 e. The van der Waals surface area contributed by atoms with Gasteiger partial charge in [-0.1, -0.05) is 22.0 Å². The summed E-state index contributed by atoms with van der Waals surface area (Å²) in [6.07, 6.45) is 0. The van der Waals surface area contributed by atoms with Crippen LogP contribution in [0.4, 0.5) is 0 Å². The molecule has 3 aromatic rings. The third kappa shape index (κ3) is 1.61. The summed E-state index contributed by atoms with van der Waals surface area (Å²) in [7, 11) is 1.39. The van der Waals surface area contributed by atoms with E-state index in [-0.39, 0.29) is 5.97 Å². The Balaban J connectivity index is 2.47. The maximum Gasteiger partial charge on any atom is 0.338 e. The van der Waals surface area contributed by atoms with Gasteiger partial charge in [0, 0.05) is 26.3 Å². The first kappa shape index (κ1) is 11.3. The Kier molecular flexibility index (Phi) is 2.59. The number of fused-ring (bicyclic) bond motifs is 3. The second kappa shape index (κ2) is 4.14. The number of carbonyl (C=O) groups excluding carboxylic acids is 1. The topological polar surface area (TPSA) is 42.1 Å². The number of hydrogen-bond donors (Lipinski definition) is 1. The standard InChI is InChI=1S/C14H10BrNO2/c1-18-14(17)9-3-2-4-12-13(9)10-7-8(15)5-6-11(10)16-12/h2-7,16H,1H3. The first-order valence-electron chi connectivity index (χ1n) is 5.49. The molecule has 4 heteroatoms. The van der Waals surface area contributed by atoms with E-state index in [0.29, 0.717) is 5.56 Å². The van der Waals surface area contributed by atoms with Crippen molar-refractivity contribution in [1.82, 2.24) is 4.98 Å². The van der Waals surface area contributed by atoms with Crippen molar-refractivity contribution in [2.75, 3.05) is 7.11 Å². The van der Waals surface area contributed by atoms with E-state index in [2.05, 4.69) is 20.9 Å². The van der Waals surface area contributed by atoms with E-state index in [4.69, 9.17) is 4.74 Å². The predicted octanol–water partition coefficient (Wildman–Crippen LogP) is 3.87. The van der Waals surface area contributed by atoms with E-state index in [1.165, 1.54) is 7.11 Å². The Hall–Kier alpha value is -1.81. The quantitative estimate of drug-likeness (QED) is 0.693. The van der Waals surface area contributed by atoms with Crippen molar-refractivity contribution in [1.29, 1.82) is 0 Å². The molecule has 0 bridgehead atoms. The first-order chi connectivity index (χ1) is 8.70. The molecule has 0 spiro atoms. The number of halogens is 1. The van der Waals surface area contributed by atoms with Crippen molar-refractivity contribution in [2.45, 2.75) is 0 Å². The van der Waals surface area contributed by atoms with E-state index in [0.717, 1.165) is 26.3 Å². The highest BCUT2D eigenvalue weighted by atomic mass is 79.9. The van der Waals surface area contributed by atoms with Gasteiger partial charge in [0.25, 0.3) is 0 Å². The Bertz CT molecular complexity index is 761. The Morgan fingerprint density at radius 1 is 1.22 bits per heavy atom. The van der Waals surface area contributed by atoms with E-state index in [1.54, 1.807) is 6.07 Å². The molecule has 0 unspecified atom stereocenters. The first-order valence-corrected chi connectivity index (χ1v) is 6.28. The highest BCUT2D eigenvalue weighted by Gasteiger charge is 2.14. The third-order valence-electron chi connectivity index (χ3n) is 2.99. The SMILES string of the molecule is COC(=O)c1cccc2[nH]c3ccc(Br)cc3c12. The molecular weight excluding hydrogens is 294 g/mol. The lowest BCUT2D eigenvalue weighted by Gasteiger charge is -2.01. The normalized spacial score (nSPS) is 11.0. The highest BCUT2D eigenvalue weighted by molar-refractivity contribution is 9.10. The second-order valence-electron chi connectivity index (χ2n) is 4.03. The van der Waals surface area contributed by atoms with Crippen LogP contribution in [0.3, 0.4) is 0 Å². The number of aromatic amines is 1. The highest BCUT2D eigenvalue weighted by Crippen LogP contribution is 2.30. The van der Waals surface area contributed by atoms with E-state index in [1.807, 2.05) is 30.3 Å². The summed E-state index contributed by atoms with van der Waals surface area (Å²) in [6, 6.07) is 11.5. The molecule has 3 rings (SSSR count). The van der Waals surface area contributed by atoms with E-state index >= 15 is 0 Å². The van der Waals surface area contributed by atoms with Gasteiger partial charge in [-0.3, -0.25) is 0 Å². The molecule has 1 N–H and O–H groups in total. The molecule has 0 saturated carbocycles. The van der Waals surface area contributed by atoms with Crippen LogP contribution in [0.15, 0.2) is 40.9 Å². The van der Waals surface area contributed by atoms with E-state index in [9.17, 15) is 4.79 Å². The Labute approximate surface area is 112 Å². The van der Waals surface area contributed by atoms with Gasteiger partial charge in [0.15, 0.2) is 0 Å². The van der Waals surface area contributed by atoms with Gasteiger partial charge in [-0.25, -0.2) is 4.79 Å². The molecular formula is C14H10BrNO2. The van der Waals surface area contributed by atoms with Crippen LogP contribution in [0.2, 0.25) is 0 Å². The molecule has 1 heterocycles. The number of rotatable bonds is 1. The molecule has 3 nitrogen and oxygen atoms in total. The summed E-state index contributed by atoms with van der Waals surface area (Å²) in [4.78, 5) is 15.1. The molecule has 2 aromatic carbocycles. The summed E-state index contributed by atoms with van der Waals surface area (Å²) < 4.78 is 5.81. The zero-order chi connectivity index (χ0) is 12.7. The number of H-pyrrole nitrogens is 1. The van der Waals surface area contributed by atoms with Gasteiger partial charge in [0.05, 0.1) is 12.7 Å². The average molecular weight is 304 g/mol. The molecule has 18 heavy (non-hydrogen) atoms. The van der Waals surface area contributed by atoms with Crippen molar-refractivity contribution >= 4 is 43.7 Å². The van der Waals surface area contributed by atoms with Crippen LogP contribution in [-0.2, 0) is 4.74 Å². The van der Waals surface area contributed by atoms with Crippen molar-refractivity contribution in [2.24, 2.45) is 0 Å². The minimum Gasteiger partial charge on any atom is -0.465 e. The largest absolute Gasteiger partial charge is 0.465 e. The summed E-state index contributed by atoms with van der Waals surface area (Å²) in [6.45, 7) is 0. The number of aromatic nitrogens is 1. The lowest BCUT2D eigenvalue weighted by Crippen LogP contribution is -2.01. The molecule has 0 aliphatic carbocycles. The van der Waals surface area contributed by atoms with Crippen molar-refractivity contribution in [3.8, 4) is 0 Å². The number of ether oxygens (including phenoxy) is 1. The van der Waals surface area contributed by atoms with Gasteiger partial charge in [-0.05, 0) is 30.3 Å². The minimum absolute atomic E-state index is 0.318. The molecule has 0 amide bonds. The van der Waals surface area contributed by atoms with Crippen LogP contribution in [0.25, 0.3) is 21.8 Å².